The average molecular weight is 275 g/mol. The Morgan fingerprint density at radius 1 is 1.35 bits per heavy atom. The third-order valence-corrected chi connectivity index (χ3v) is 3.66. The molecule has 1 aromatic heterocycles. The van der Waals surface area contributed by atoms with Crippen LogP contribution >= 0.6 is 0 Å². The third kappa shape index (κ3) is 2.67. The maximum atomic E-state index is 13.2. The highest BCUT2D eigenvalue weighted by atomic mass is 19.1. The van der Waals surface area contributed by atoms with Gasteiger partial charge in [0.25, 0.3) is 0 Å². The van der Waals surface area contributed by atoms with Gasteiger partial charge in [0.15, 0.2) is 0 Å². The van der Waals surface area contributed by atoms with Gasteiger partial charge in [-0.25, -0.2) is 4.39 Å². The van der Waals surface area contributed by atoms with E-state index in [-0.39, 0.29) is 11.9 Å². The number of likely N-dealkylation sites (tertiary alicyclic amines) is 1. The summed E-state index contributed by atoms with van der Waals surface area (Å²) < 4.78 is 20.9. The molecule has 1 saturated heterocycles. The van der Waals surface area contributed by atoms with Crippen LogP contribution in [0.15, 0.2) is 30.5 Å². The minimum absolute atomic E-state index is 0.188. The highest BCUT2D eigenvalue weighted by molar-refractivity contribution is 5.29. The molecule has 2 aromatic rings. The third-order valence-electron chi connectivity index (χ3n) is 3.66. The van der Waals surface area contributed by atoms with Crippen molar-refractivity contribution >= 4 is 0 Å². The van der Waals surface area contributed by atoms with Gasteiger partial charge in [0.2, 0.25) is 0 Å². The van der Waals surface area contributed by atoms with Crippen molar-refractivity contribution in [2.24, 2.45) is 7.05 Å². The lowest BCUT2D eigenvalue weighted by Gasteiger charge is -2.38. The van der Waals surface area contributed by atoms with Crippen molar-refractivity contribution in [2.75, 3.05) is 13.1 Å². The largest absolute Gasteiger partial charge is 0.488 e. The van der Waals surface area contributed by atoms with Crippen LogP contribution in [-0.2, 0) is 13.6 Å². The number of halogens is 1. The summed E-state index contributed by atoms with van der Waals surface area (Å²) in [5.41, 5.74) is 1.81. The number of benzene rings is 1. The zero-order valence-electron chi connectivity index (χ0n) is 11.7. The van der Waals surface area contributed by atoms with Crippen molar-refractivity contribution in [3.05, 3.63) is 47.5 Å². The predicted octanol–water partition coefficient (Wildman–Crippen LogP) is 2.13. The molecular weight excluding hydrogens is 257 g/mol. The van der Waals surface area contributed by atoms with Crippen LogP contribution in [0, 0.1) is 12.7 Å². The van der Waals surface area contributed by atoms with Crippen molar-refractivity contribution in [3.63, 3.8) is 0 Å². The molecule has 1 fully saturated rings. The van der Waals surface area contributed by atoms with E-state index in [9.17, 15) is 4.39 Å². The standard InChI is InChI=1S/C15H18FN3O/c1-11-7-13(3-4-15(11)16)20-14-9-19(10-14)8-12-5-6-17-18(12)2/h3-7,14H,8-10H2,1-2H3. The number of hydrogen-bond donors (Lipinski definition) is 0. The number of aryl methyl sites for hydroxylation is 2. The SMILES string of the molecule is Cc1cc(OC2CN(Cc3ccnn3C)C2)ccc1F. The van der Waals surface area contributed by atoms with Crippen molar-refractivity contribution in [3.8, 4) is 5.75 Å². The van der Waals surface area contributed by atoms with Crippen LogP contribution < -0.4 is 4.74 Å². The fourth-order valence-corrected chi connectivity index (χ4v) is 2.39. The monoisotopic (exact) mass is 275 g/mol. The maximum absolute atomic E-state index is 13.2. The van der Waals surface area contributed by atoms with E-state index in [0.29, 0.717) is 5.56 Å². The molecule has 1 aromatic carbocycles. The van der Waals surface area contributed by atoms with E-state index in [0.717, 1.165) is 25.4 Å². The molecule has 20 heavy (non-hydrogen) atoms. The van der Waals surface area contributed by atoms with Gasteiger partial charge in [0, 0.05) is 32.9 Å². The second-order valence-corrected chi connectivity index (χ2v) is 5.29. The molecule has 2 heterocycles. The van der Waals surface area contributed by atoms with Gasteiger partial charge in [-0.2, -0.15) is 5.10 Å². The van der Waals surface area contributed by atoms with Crippen LogP contribution in [-0.4, -0.2) is 33.9 Å². The molecule has 0 aliphatic carbocycles. The Labute approximate surface area is 117 Å². The molecule has 3 rings (SSSR count). The quantitative estimate of drug-likeness (QED) is 0.856. The molecule has 0 saturated carbocycles. The van der Waals surface area contributed by atoms with Gasteiger partial charge in [-0.1, -0.05) is 0 Å². The van der Waals surface area contributed by atoms with Crippen LogP contribution in [0.5, 0.6) is 5.75 Å². The number of nitrogens with zero attached hydrogens (tertiary/aromatic N) is 3. The minimum Gasteiger partial charge on any atom is -0.488 e. The molecule has 1 aliphatic rings. The molecule has 0 amide bonds. The minimum atomic E-state index is -0.191. The van der Waals surface area contributed by atoms with E-state index >= 15 is 0 Å². The van der Waals surface area contributed by atoms with Gasteiger partial charge in [-0.05, 0) is 36.8 Å². The topological polar surface area (TPSA) is 30.3 Å². The molecule has 0 N–H and O–H groups in total. The maximum Gasteiger partial charge on any atom is 0.126 e. The van der Waals surface area contributed by atoms with Gasteiger partial charge in [-0.15, -0.1) is 0 Å². The summed E-state index contributed by atoms with van der Waals surface area (Å²) in [7, 11) is 1.95. The van der Waals surface area contributed by atoms with E-state index in [4.69, 9.17) is 4.74 Å². The smallest absolute Gasteiger partial charge is 0.126 e. The van der Waals surface area contributed by atoms with Crippen molar-refractivity contribution in [1.29, 1.82) is 0 Å². The lowest BCUT2D eigenvalue weighted by atomic mass is 10.1. The zero-order valence-corrected chi connectivity index (χ0v) is 11.7. The van der Waals surface area contributed by atoms with E-state index in [1.54, 1.807) is 19.1 Å². The Balaban J connectivity index is 1.51. The second kappa shape index (κ2) is 5.25. The first-order valence-electron chi connectivity index (χ1n) is 6.74. The molecule has 4 nitrogen and oxygen atoms in total. The summed E-state index contributed by atoms with van der Waals surface area (Å²) >= 11 is 0. The summed E-state index contributed by atoms with van der Waals surface area (Å²) in [6, 6.07) is 6.92. The lowest BCUT2D eigenvalue weighted by molar-refractivity contribution is 0.0131. The molecule has 106 valence electrons. The van der Waals surface area contributed by atoms with Crippen molar-refractivity contribution in [1.82, 2.24) is 14.7 Å². The summed E-state index contributed by atoms with van der Waals surface area (Å²) in [4.78, 5) is 2.30. The zero-order chi connectivity index (χ0) is 14.1. The molecule has 0 radical (unpaired) electrons. The Bertz CT molecular complexity index is 605. The molecule has 0 bridgehead atoms. The van der Waals surface area contributed by atoms with Crippen LogP contribution in [0.3, 0.4) is 0 Å². The molecule has 0 unspecified atom stereocenters. The van der Waals surface area contributed by atoms with Crippen LogP contribution in [0.2, 0.25) is 0 Å². The van der Waals surface area contributed by atoms with Gasteiger partial charge in [-0.3, -0.25) is 9.58 Å². The van der Waals surface area contributed by atoms with E-state index < -0.39 is 0 Å². The summed E-state index contributed by atoms with van der Waals surface area (Å²) in [6.45, 7) is 4.42. The van der Waals surface area contributed by atoms with Gasteiger partial charge in [0.1, 0.15) is 17.7 Å². The molecule has 0 atom stereocenters. The number of aromatic nitrogens is 2. The second-order valence-electron chi connectivity index (χ2n) is 5.29. The van der Waals surface area contributed by atoms with E-state index in [1.165, 1.54) is 11.8 Å². The summed E-state index contributed by atoms with van der Waals surface area (Å²) in [6.07, 6.45) is 2.00. The van der Waals surface area contributed by atoms with Gasteiger partial charge >= 0.3 is 0 Å². The average Bonchev–Trinajstić information content (AvgIpc) is 2.77. The predicted molar refractivity (Wildman–Crippen MR) is 74.0 cm³/mol. The Morgan fingerprint density at radius 3 is 2.80 bits per heavy atom. The van der Waals surface area contributed by atoms with Crippen LogP contribution in [0.25, 0.3) is 0 Å². The van der Waals surface area contributed by atoms with E-state index in [2.05, 4.69) is 10.00 Å². The number of ether oxygens (including phenoxy) is 1. The highest BCUT2D eigenvalue weighted by Gasteiger charge is 2.28. The molecule has 0 spiro atoms. The highest BCUT2D eigenvalue weighted by Crippen LogP contribution is 2.21. The molecule has 5 heteroatoms. The molecular formula is C15H18FN3O. The Kier molecular flexibility index (Phi) is 3.44. The Morgan fingerprint density at radius 2 is 2.15 bits per heavy atom. The van der Waals surface area contributed by atoms with Crippen LogP contribution in [0.4, 0.5) is 4.39 Å². The lowest BCUT2D eigenvalue weighted by Crippen LogP contribution is -2.53. The first-order chi connectivity index (χ1) is 9.61. The van der Waals surface area contributed by atoms with Crippen molar-refractivity contribution in [2.45, 2.75) is 19.6 Å². The Hall–Kier alpha value is -1.88. The van der Waals surface area contributed by atoms with Crippen molar-refractivity contribution < 1.29 is 9.13 Å². The summed E-state index contributed by atoms with van der Waals surface area (Å²) in [5.74, 6) is 0.554. The van der Waals surface area contributed by atoms with Crippen LogP contribution in [0.1, 0.15) is 11.3 Å². The van der Waals surface area contributed by atoms with Gasteiger partial charge < -0.3 is 4.74 Å². The normalized spacial score (nSPS) is 16.1. The molecule has 1 aliphatic heterocycles. The fraction of sp³-hybridized carbons (Fsp3) is 0.400. The first kappa shape index (κ1) is 13.1. The first-order valence-corrected chi connectivity index (χ1v) is 6.74. The summed E-state index contributed by atoms with van der Waals surface area (Å²) in [5, 5.41) is 4.16. The van der Waals surface area contributed by atoms with E-state index in [1.807, 2.05) is 24.0 Å². The van der Waals surface area contributed by atoms with Gasteiger partial charge in [0.05, 0.1) is 5.69 Å². The fourth-order valence-electron chi connectivity index (χ4n) is 2.39. The number of hydrogen-bond acceptors (Lipinski definition) is 3. The number of rotatable bonds is 4.